The fourth-order valence-corrected chi connectivity index (χ4v) is 5.36. The molecule has 1 aliphatic heterocycles. The maximum absolute atomic E-state index is 13.4. The first-order valence-corrected chi connectivity index (χ1v) is 11.6. The van der Waals surface area contributed by atoms with Gasteiger partial charge in [0.2, 0.25) is 0 Å². The SMILES string of the molecule is CCOC(=O)C1=C(C)N=c2s/c(=C/c3ccc(C(=O)OC)cc3)c(=O)n2[C@@H]1c1cccs1. The Kier molecular flexibility index (Phi) is 6.20. The lowest BCUT2D eigenvalue weighted by Crippen LogP contribution is -2.39. The summed E-state index contributed by atoms with van der Waals surface area (Å²) < 4.78 is 12.0. The van der Waals surface area contributed by atoms with E-state index in [2.05, 4.69) is 4.99 Å². The van der Waals surface area contributed by atoms with Crippen LogP contribution in [0.2, 0.25) is 0 Å². The number of ether oxygens (including phenoxy) is 2. The Labute approximate surface area is 191 Å². The van der Waals surface area contributed by atoms with Crippen LogP contribution in [-0.4, -0.2) is 30.2 Å². The zero-order valence-electron chi connectivity index (χ0n) is 17.7. The fourth-order valence-electron chi connectivity index (χ4n) is 3.49. The Morgan fingerprint density at radius 3 is 2.56 bits per heavy atom. The molecular weight excluding hydrogens is 448 g/mol. The van der Waals surface area contributed by atoms with E-state index < -0.39 is 18.0 Å². The molecule has 0 saturated carbocycles. The Morgan fingerprint density at radius 1 is 1.19 bits per heavy atom. The Morgan fingerprint density at radius 2 is 1.94 bits per heavy atom. The van der Waals surface area contributed by atoms with Gasteiger partial charge in [0.25, 0.3) is 5.56 Å². The second kappa shape index (κ2) is 9.05. The molecule has 3 heterocycles. The largest absolute Gasteiger partial charge is 0.465 e. The standard InChI is InChI=1S/C23H20N2O5S2/c1-4-30-22(28)18-13(2)24-23-25(19(18)16-6-5-11-31-16)20(26)17(32-23)12-14-7-9-15(10-8-14)21(27)29-3/h5-12,19H,4H2,1-3H3/b17-12+/t19-/m1/s1. The molecular formula is C23H20N2O5S2. The van der Waals surface area contributed by atoms with Crippen molar-refractivity contribution in [2.75, 3.05) is 13.7 Å². The van der Waals surface area contributed by atoms with Crippen LogP contribution in [0.25, 0.3) is 6.08 Å². The average molecular weight is 469 g/mol. The minimum absolute atomic E-state index is 0.235. The van der Waals surface area contributed by atoms with Gasteiger partial charge in [-0.3, -0.25) is 9.36 Å². The van der Waals surface area contributed by atoms with Crippen molar-refractivity contribution in [2.24, 2.45) is 4.99 Å². The van der Waals surface area contributed by atoms with Crippen LogP contribution in [0, 0.1) is 0 Å². The van der Waals surface area contributed by atoms with Crippen LogP contribution in [0.5, 0.6) is 0 Å². The van der Waals surface area contributed by atoms with Gasteiger partial charge in [-0.25, -0.2) is 14.6 Å². The number of thiophene rings is 1. The molecule has 32 heavy (non-hydrogen) atoms. The molecule has 0 unspecified atom stereocenters. The Balaban J connectivity index is 1.85. The van der Waals surface area contributed by atoms with Crippen molar-refractivity contribution in [2.45, 2.75) is 19.9 Å². The zero-order valence-corrected chi connectivity index (χ0v) is 19.3. The number of nitrogens with zero attached hydrogens (tertiary/aromatic N) is 2. The summed E-state index contributed by atoms with van der Waals surface area (Å²) in [5.41, 5.74) is 1.86. The van der Waals surface area contributed by atoms with Gasteiger partial charge in [-0.1, -0.05) is 29.5 Å². The van der Waals surface area contributed by atoms with Gasteiger partial charge >= 0.3 is 11.9 Å². The smallest absolute Gasteiger partial charge is 0.338 e. The van der Waals surface area contributed by atoms with Gasteiger partial charge in [-0.2, -0.15) is 0 Å². The number of esters is 2. The minimum Gasteiger partial charge on any atom is -0.465 e. The molecule has 0 N–H and O–H groups in total. The van der Waals surface area contributed by atoms with E-state index >= 15 is 0 Å². The number of benzene rings is 1. The van der Waals surface area contributed by atoms with E-state index in [-0.39, 0.29) is 12.2 Å². The van der Waals surface area contributed by atoms with Crippen molar-refractivity contribution in [3.63, 3.8) is 0 Å². The number of thiazole rings is 1. The van der Waals surface area contributed by atoms with Crippen LogP contribution in [0.3, 0.4) is 0 Å². The van der Waals surface area contributed by atoms with Gasteiger partial charge in [0.1, 0.15) is 6.04 Å². The second-order valence-corrected chi connectivity index (χ2v) is 8.92. The van der Waals surface area contributed by atoms with Crippen molar-refractivity contribution < 1.29 is 19.1 Å². The highest BCUT2D eigenvalue weighted by Gasteiger charge is 2.33. The Bertz CT molecular complexity index is 1380. The van der Waals surface area contributed by atoms with Crippen LogP contribution in [0.15, 0.2) is 62.8 Å². The first-order valence-electron chi connectivity index (χ1n) is 9.86. The van der Waals surface area contributed by atoms with Crippen LogP contribution in [0.1, 0.15) is 40.7 Å². The molecule has 4 rings (SSSR count). The third-order valence-electron chi connectivity index (χ3n) is 4.96. The molecule has 0 bridgehead atoms. The number of fused-ring (bicyclic) bond motifs is 1. The summed E-state index contributed by atoms with van der Waals surface area (Å²) in [7, 11) is 1.33. The molecule has 2 aromatic heterocycles. The monoisotopic (exact) mass is 468 g/mol. The van der Waals surface area contributed by atoms with Crippen LogP contribution in [0.4, 0.5) is 0 Å². The molecule has 0 fully saturated rings. The topological polar surface area (TPSA) is 87.0 Å². The van der Waals surface area contributed by atoms with Crippen molar-refractivity contribution in [1.82, 2.24) is 4.57 Å². The van der Waals surface area contributed by atoms with E-state index in [4.69, 9.17) is 9.47 Å². The summed E-state index contributed by atoms with van der Waals surface area (Å²) in [5.74, 6) is -0.895. The lowest BCUT2D eigenvalue weighted by molar-refractivity contribution is -0.139. The van der Waals surface area contributed by atoms with E-state index in [0.29, 0.717) is 26.2 Å². The molecule has 3 aromatic rings. The summed E-state index contributed by atoms with van der Waals surface area (Å²) in [4.78, 5) is 43.7. The lowest BCUT2D eigenvalue weighted by atomic mass is 10.0. The van der Waals surface area contributed by atoms with E-state index in [1.165, 1.54) is 29.8 Å². The van der Waals surface area contributed by atoms with Crippen LogP contribution < -0.4 is 14.9 Å². The summed E-state index contributed by atoms with van der Waals surface area (Å²) in [6, 6.07) is 9.98. The molecule has 1 aliphatic rings. The molecule has 7 nitrogen and oxygen atoms in total. The second-order valence-electron chi connectivity index (χ2n) is 6.93. The molecule has 0 spiro atoms. The van der Waals surface area contributed by atoms with Gasteiger partial charge in [0, 0.05) is 4.88 Å². The summed E-state index contributed by atoms with van der Waals surface area (Å²) in [6.07, 6.45) is 1.75. The fraction of sp³-hybridized carbons (Fsp3) is 0.217. The number of carbonyl (C=O) groups excluding carboxylic acids is 2. The molecule has 0 aliphatic carbocycles. The van der Waals surface area contributed by atoms with E-state index in [9.17, 15) is 14.4 Å². The van der Waals surface area contributed by atoms with Crippen LogP contribution in [-0.2, 0) is 14.3 Å². The summed E-state index contributed by atoms with van der Waals surface area (Å²) in [6.45, 7) is 3.74. The lowest BCUT2D eigenvalue weighted by Gasteiger charge is -2.23. The number of carbonyl (C=O) groups is 2. The molecule has 0 saturated heterocycles. The average Bonchev–Trinajstić information content (AvgIpc) is 3.42. The summed E-state index contributed by atoms with van der Waals surface area (Å²) >= 11 is 2.73. The first kappa shape index (κ1) is 21.9. The van der Waals surface area contributed by atoms with E-state index in [1.807, 2.05) is 17.5 Å². The molecule has 164 valence electrons. The van der Waals surface area contributed by atoms with Gasteiger partial charge in [0.15, 0.2) is 4.80 Å². The highest BCUT2D eigenvalue weighted by Crippen LogP contribution is 2.33. The minimum atomic E-state index is -0.589. The maximum Gasteiger partial charge on any atom is 0.338 e. The zero-order chi connectivity index (χ0) is 22.8. The Hall–Kier alpha value is -3.30. The predicted molar refractivity (Wildman–Crippen MR) is 122 cm³/mol. The van der Waals surface area contributed by atoms with Crippen molar-refractivity contribution in [3.8, 4) is 0 Å². The number of hydrogen-bond acceptors (Lipinski definition) is 8. The van der Waals surface area contributed by atoms with Gasteiger partial charge in [-0.05, 0) is 49.1 Å². The number of rotatable bonds is 5. The molecule has 1 aromatic carbocycles. The van der Waals surface area contributed by atoms with Crippen molar-refractivity contribution >= 4 is 40.7 Å². The van der Waals surface area contributed by atoms with Crippen molar-refractivity contribution in [1.29, 1.82) is 0 Å². The molecule has 0 amide bonds. The predicted octanol–water partition coefficient (Wildman–Crippen LogP) is 2.65. The number of hydrogen-bond donors (Lipinski definition) is 0. The first-order chi connectivity index (χ1) is 15.4. The quantitative estimate of drug-likeness (QED) is 0.538. The molecule has 1 atom stereocenters. The molecule has 9 heteroatoms. The maximum atomic E-state index is 13.4. The third kappa shape index (κ3) is 3.96. The van der Waals surface area contributed by atoms with Gasteiger partial charge < -0.3 is 9.47 Å². The van der Waals surface area contributed by atoms with Crippen LogP contribution >= 0.6 is 22.7 Å². The summed E-state index contributed by atoms with van der Waals surface area (Å²) in [5, 5.41) is 1.91. The van der Waals surface area contributed by atoms with Gasteiger partial charge in [-0.15, -0.1) is 11.3 Å². The normalized spacial score (nSPS) is 15.8. The highest BCUT2D eigenvalue weighted by atomic mass is 32.1. The van der Waals surface area contributed by atoms with Crippen molar-refractivity contribution in [3.05, 3.63) is 88.7 Å². The highest BCUT2D eigenvalue weighted by molar-refractivity contribution is 7.10. The number of aromatic nitrogens is 1. The number of allylic oxidation sites excluding steroid dienone is 1. The molecule has 0 radical (unpaired) electrons. The number of methoxy groups -OCH3 is 1. The van der Waals surface area contributed by atoms with E-state index in [0.717, 1.165) is 10.4 Å². The van der Waals surface area contributed by atoms with E-state index in [1.54, 1.807) is 48.8 Å². The third-order valence-corrected chi connectivity index (χ3v) is 6.87. The van der Waals surface area contributed by atoms with Gasteiger partial charge in [0.05, 0.1) is 35.1 Å².